The zero-order valence-corrected chi connectivity index (χ0v) is 14.8. The number of esters is 1. The molecule has 0 unspecified atom stereocenters. The summed E-state index contributed by atoms with van der Waals surface area (Å²) in [5, 5.41) is 0. The van der Waals surface area contributed by atoms with Gasteiger partial charge >= 0.3 is 5.97 Å². The summed E-state index contributed by atoms with van der Waals surface area (Å²) >= 11 is 0. The SMILES string of the molecule is COC(=O)c1cccc(CN2c3ccccc3CCc3ccccc32)c1. The van der Waals surface area contributed by atoms with Crippen molar-refractivity contribution in [1.82, 2.24) is 0 Å². The second-order valence-corrected chi connectivity index (χ2v) is 6.54. The molecule has 3 aromatic rings. The first-order chi connectivity index (χ1) is 12.8. The fourth-order valence-corrected chi connectivity index (χ4v) is 3.64. The van der Waals surface area contributed by atoms with Gasteiger partial charge in [0.1, 0.15) is 0 Å². The van der Waals surface area contributed by atoms with Crippen molar-refractivity contribution in [1.29, 1.82) is 0 Å². The number of carbonyl (C=O) groups excluding carboxylic acids is 1. The molecule has 0 radical (unpaired) electrons. The maximum Gasteiger partial charge on any atom is 0.337 e. The van der Waals surface area contributed by atoms with Crippen LogP contribution in [0.2, 0.25) is 0 Å². The normalized spacial score (nSPS) is 12.7. The predicted molar refractivity (Wildman–Crippen MR) is 104 cm³/mol. The molecule has 0 fully saturated rings. The van der Waals surface area contributed by atoms with Crippen LogP contribution in [0.25, 0.3) is 0 Å². The van der Waals surface area contributed by atoms with Crippen molar-refractivity contribution >= 4 is 17.3 Å². The Balaban J connectivity index is 1.77. The lowest BCUT2D eigenvalue weighted by Crippen LogP contribution is -2.18. The van der Waals surface area contributed by atoms with Crippen LogP contribution in [0.1, 0.15) is 27.0 Å². The number of hydrogen-bond acceptors (Lipinski definition) is 3. The van der Waals surface area contributed by atoms with Crippen LogP contribution in [0.3, 0.4) is 0 Å². The minimum atomic E-state index is -0.302. The third-order valence-electron chi connectivity index (χ3n) is 4.92. The average molecular weight is 343 g/mol. The lowest BCUT2D eigenvalue weighted by atomic mass is 10.0. The monoisotopic (exact) mass is 343 g/mol. The van der Waals surface area contributed by atoms with Gasteiger partial charge in [-0.05, 0) is 53.8 Å². The number of rotatable bonds is 3. The minimum absolute atomic E-state index is 0.302. The Hall–Kier alpha value is -3.07. The van der Waals surface area contributed by atoms with Crippen LogP contribution in [0.5, 0.6) is 0 Å². The Labute approximate surface area is 153 Å². The van der Waals surface area contributed by atoms with Gasteiger partial charge in [0.05, 0.1) is 12.7 Å². The smallest absolute Gasteiger partial charge is 0.337 e. The van der Waals surface area contributed by atoms with Crippen molar-refractivity contribution in [2.24, 2.45) is 0 Å². The third-order valence-corrected chi connectivity index (χ3v) is 4.92. The molecule has 0 spiro atoms. The summed E-state index contributed by atoms with van der Waals surface area (Å²) in [5.74, 6) is -0.302. The first-order valence-corrected chi connectivity index (χ1v) is 8.87. The molecule has 1 heterocycles. The fraction of sp³-hybridized carbons (Fsp3) is 0.174. The van der Waals surface area contributed by atoms with Crippen molar-refractivity contribution in [2.45, 2.75) is 19.4 Å². The van der Waals surface area contributed by atoms with Crippen LogP contribution in [-0.2, 0) is 24.1 Å². The van der Waals surface area contributed by atoms with E-state index in [0.717, 1.165) is 18.4 Å². The van der Waals surface area contributed by atoms with E-state index in [1.54, 1.807) is 6.07 Å². The number of ether oxygens (including phenoxy) is 1. The van der Waals surface area contributed by atoms with E-state index >= 15 is 0 Å². The summed E-state index contributed by atoms with van der Waals surface area (Å²) in [7, 11) is 1.41. The topological polar surface area (TPSA) is 29.5 Å². The van der Waals surface area contributed by atoms with Crippen molar-refractivity contribution in [2.75, 3.05) is 12.0 Å². The lowest BCUT2D eigenvalue weighted by molar-refractivity contribution is 0.0600. The molecule has 26 heavy (non-hydrogen) atoms. The van der Waals surface area contributed by atoms with E-state index in [1.165, 1.54) is 29.6 Å². The van der Waals surface area contributed by atoms with Gasteiger partial charge in [-0.1, -0.05) is 48.5 Å². The highest BCUT2D eigenvalue weighted by Gasteiger charge is 2.20. The summed E-state index contributed by atoms with van der Waals surface area (Å²) in [5.41, 5.74) is 6.85. The van der Waals surface area contributed by atoms with E-state index in [1.807, 2.05) is 12.1 Å². The third kappa shape index (κ3) is 3.08. The van der Waals surface area contributed by atoms with Crippen LogP contribution in [-0.4, -0.2) is 13.1 Å². The zero-order chi connectivity index (χ0) is 17.9. The largest absolute Gasteiger partial charge is 0.465 e. The maximum absolute atomic E-state index is 11.9. The number of nitrogens with zero attached hydrogens (tertiary/aromatic N) is 1. The number of hydrogen-bond donors (Lipinski definition) is 0. The zero-order valence-electron chi connectivity index (χ0n) is 14.8. The van der Waals surface area contributed by atoms with Gasteiger partial charge in [0, 0.05) is 17.9 Å². The number of aryl methyl sites for hydroxylation is 2. The number of anilines is 2. The molecular weight excluding hydrogens is 322 g/mol. The molecule has 3 nitrogen and oxygen atoms in total. The van der Waals surface area contributed by atoms with Crippen LogP contribution in [0, 0.1) is 0 Å². The average Bonchev–Trinajstić information content (AvgIpc) is 2.85. The Morgan fingerprint density at radius 3 is 2.12 bits per heavy atom. The molecule has 130 valence electrons. The summed E-state index contributed by atoms with van der Waals surface area (Å²) in [6.45, 7) is 0.707. The summed E-state index contributed by atoms with van der Waals surface area (Å²) in [6.07, 6.45) is 2.07. The fourth-order valence-electron chi connectivity index (χ4n) is 3.64. The standard InChI is InChI=1S/C23H21NO2/c1-26-23(25)20-10-6-7-17(15-20)16-24-21-11-4-2-8-18(21)13-14-19-9-3-5-12-22(19)24/h2-12,15H,13-14,16H2,1H3. The molecule has 3 aromatic carbocycles. The molecule has 0 saturated carbocycles. The number of benzene rings is 3. The maximum atomic E-state index is 11.9. The Kier molecular flexibility index (Phi) is 4.44. The van der Waals surface area contributed by atoms with Gasteiger partial charge in [0.15, 0.2) is 0 Å². The first-order valence-electron chi connectivity index (χ1n) is 8.87. The van der Waals surface area contributed by atoms with E-state index < -0.39 is 0 Å². The van der Waals surface area contributed by atoms with E-state index in [4.69, 9.17) is 4.74 Å². The van der Waals surface area contributed by atoms with Crippen LogP contribution in [0.15, 0.2) is 72.8 Å². The Morgan fingerprint density at radius 1 is 0.885 bits per heavy atom. The second-order valence-electron chi connectivity index (χ2n) is 6.54. The van der Waals surface area contributed by atoms with Crippen LogP contribution < -0.4 is 4.90 Å². The highest BCUT2D eigenvalue weighted by atomic mass is 16.5. The van der Waals surface area contributed by atoms with Crippen molar-refractivity contribution in [3.8, 4) is 0 Å². The van der Waals surface area contributed by atoms with E-state index in [0.29, 0.717) is 12.1 Å². The van der Waals surface area contributed by atoms with Gasteiger partial charge < -0.3 is 9.64 Å². The molecule has 0 atom stereocenters. The highest BCUT2D eigenvalue weighted by Crippen LogP contribution is 2.37. The molecule has 4 rings (SSSR count). The van der Waals surface area contributed by atoms with E-state index in [-0.39, 0.29) is 5.97 Å². The molecule has 0 bridgehead atoms. The summed E-state index contributed by atoms with van der Waals surface area (Å²) < 4.78 is 4.86. The van der Waals surface area contributed by atoms with Crippen LogP contribution >= 0.6 is 0 Å². The van der Waals surface area contributed by atoms with Gasteiger partial charge in [-0.3, -0.25) is 0 Å². The van der Waals surface area contributed by atoms with E-state index in [2.05, 4.69) is 59.5 Å². The Bertz CT molecular complexity index is 901. The molecule has 1 aliphatic rings. The molecule has 0 aromatic heterocycles. The number of para-hydroxylation sites is 2. The molecule has 0 saturated heterocycles. The van der Waals surface area contributed by atoms with Crippen molar-refractivity contribution in [3.05, 3.63) is 95.1 Å². The number of carbonyl (C=O) groups is 1. The van der Waals surface area contributed by atoms with Gasteiger partial charge in [-0.15, -0.1) is 0 Å². The molecule has 3 heteroatoms. The molecule has 0 N–H and O–H groups in total. The van der Waals surface area contributed by atoms with Crippen molar-refractivity contribution < 1.29 is 9.53 Å². The molecule has 0 amide bonds. The first kappa shape index (κ1) is 16.4. The molecule has 1 aliphatic heterocycles. The number of fused-ring (bicyclic) bond motifs is 2. The number of methoxy groups -OCH3 is 1. The van der Waals surface area contributed by atoms with E-state index in [9.17, 15) is 4.79 Å². The molecular formula is C23H21NO2. The summed E-state index contributed by atoms with van der Waals surface area (Å²) in [6, 6.07) is 24.8. The highest BCUT2D eigenvalue weighted by molar-refractivity contribution is 5.89. The van der Waals surface area contributed by atoms with Gasteiger partial charge in [-0.2, -0.15) is 0 Å². The predicted octanol–water partition coefficient (Wildman–Crippen LogP) is 4.91. The lowest BCUT2D eigenvalue weighted by Gasteiger charge is -2.27. The second kappa shape index (κ2) is 7.04. The van der Waals surface area contributed by atoms with Crippen LogP contribution in [0.4, 0.5) is 11.4 Å². The Morgan fingerprint density at radius 2 is 1.50 bits per heavy atom. The van der Waals surface area contributed by atoms with Crippen molar-refractivity contribution in [3.63, 3.8) is 0 Å². The van der Waals surface area contributed by atoms with Gasteiger partial charge in [0.25, 0.3) is 0 Å². The van der Waals surface area contributed by atoms with Gasteiger partial charge in [-0.25, -0.2) is 4.79 Å². The van der Waals surface area contributed by atoms with Gasteiger partial charge in [0.2, 0.25) is 0 Å². The summed E-state index contributed by atoms with van der Waals surface area (Å²) in [4.78, 5) is 14.2. The quantitative estimate of drug-likeness (QED) is 0.633. The molecule has 0 aliphatic carbocycles. The minimum Gasteiger partial charge on any atom is -0.465 e.